The Balaban J connectivity index is 1.23. The Labute approximate surface area is 170 Å². The number of likely N-dealkylation sites (tertiary alicyclic amines) is 2. The number of fused-ring (bicyclic) bond motifs is 1. The van der Waals surface area contributed by atoms with E-state index in [0.29, 0.717) is 5.56 Å². The molecule has 29 heavy (non-hydrogen) atoms. The van der Waals surface area contributed by atoms with Crippen molar-refractivity contribution >= 4 is 16.9 Å². The largest absolute Gasteiger partial charge is 0.338 e. The standard InChI is InChI=1S/C23H27N5O/c29-22(19-7-8-20-21(15-19)25-26-24-20)28-14-11-23(17-28)10-4-12-27(16-23)13-9-18-5-2-1-3-6-18/h1-3,5-8,15H,4,9-14,16-17H2,(H,24,25,26). The molecule has 1 unspecified atom stereocenters. The topological polar surface area (TPSA) is 65.1 Å². The van der Waals surface area contributed by atoms with E-state index in [0.717, 1.165) is 50.1 Å². The predicted octanol–water partition coefficient (Wildman–Crippen LogP) is 3.13. The molecule has 2 aromatic carbocycles. The monoisotopic (exact) mass is 389 g/mol. The number of nitrogens with zero attached hydrogens (tertiary/aromatic N) is 4. The zero-order valence-electron chi connectivity index (χ0n) is 16.7. The maximum absolute atomic E-state index is 13.1. The van der Waals surface area contributed by atoms with E-state index in [9.17, 15) is 4.79 Å². The molecular weight excluding hydrogens is 362 g/mol. The molecule has 2 saturated heterocycles. The van der Waals surface area contributed by atoms with Crippen LogP contribution in [0.1, 0.15) is 35.2 Å². The summed E-state index contributed by atoms with van der Waals surface area (Å²) < 4.78 is 0. The number of piperidine rings is 1. The third kappa shape index (κ3) is 3.77. The van der Waals surface area contributed by atoms with E-state index in [4.69, 9.17) is 0 Å². The quantitative estimate of drug-likeness (QED) is 0.745. The van der Waals surface area contributed by atoms with Crippen molar-refractivity contribution in [2.45, 2.75) is 25.7 Å². The van der Waals surface area contributed by atoms with E-state index >= 15 is 0 Å². The Kier molecular flexibility index (Phi) is 4.79. The number of aromatic amines is 1. The van der Waals surface area contributed by atoms with E-state index in [1.165, 1.54) is 24.9 Å². The summed E-state index contributed by atoms with van der Waals surface area (Å²) in [5.74, 6) is 0.119. The van der Waals surface area contributed by atoms with Crippen LogP contribution in [0.15, 0.2) is 48.5 Å². The second-order valence-electron chi connectivity index (χ2n) is 8.62. The number of carbonyl (C=O) groups is 1. The fourth-order valence-electron chi connectivity index (χ4n) is 5.03. The average molecular weight is 390 g/mol. The minimum atomic E-state index is 0.119. The summed E-state index contributed by atoms with van der Waals surface area (Å²) in [6, 6.07) is 16.3. The Morgan fingerprint density at radius 1 is 1.00 bits per heavy atom. The van der Waals surface area contributed by atoms with Gasteiger partial charge in [0.15, 0.2) is 0 Å². The highest BCUT2D eigenvalue weighted by molar-refractivity contribution is 5.97. The summed E-state index contributed by atoms with van der Waals surface area (Å²) in [7, 11) is 0. The summed E-state index contributed by atoms with van der Waals surface area (Å²) in [6.07, 6.45) is 4.65. The highest BCUT2D eigenvalue weighted by Gasteiger charge is 2.42. The molecule has 1 amide bonds. The lowest BCUT2D eigenvalue weighted by Crippen LogP contribution is -2.46. The molecule has 6 heteroatoms. The molecule has 2 aliphatic rings. The smallest absolute Gasteiger partial charge is 0.253 e. The molecule has 3 heterocycles. The molecule has 1 aromatic heterocycles. The molecule has 2 fully saturated rings. The van der Waals surface area contributed by atoms with Gasteiger partial charge in [0.05, 0.1) is 0 Å². The first-order valence-electron chi connectivity index (χ1n) is 10.6. The van der Waals surface area contributed by atoms with Crippen LogP contribution < -0.4 is 0 Å². The zero-order valence-corrected chi connectivity index (χ0v) is 16.7. The van der Waals surface area contributed by atoms with E-state index in [1.807, 2.05) is 23.1 Å². The minimum absolute atomic E-state index is 0.119. The normalized spacial score (nSPS) is 22.6. The highest BCUT2D eigenvalue weighted by atomic mass is 16.2. The number of nitrogens with one attached hydrogen (secondary N) is 1. The van der Waals surface area contributed by atoms with Gasteiger partial charge >= 0.3 is 0 Å². The van der Waals surface area contributed by atoms with E-state index in [2.05, 4.69) is 50.6 Å². The van der Waals surface area contributed by atoms with Gasteiger partial charge in [-0.3, -0.25) is 4.79 Å². The predicted molar refractivity (Wildman–Crippen MR) is 113 cm³/mol. The SMILES string of the molecule is O=C(c1ccc2n[nH]nc2c1)N1CCC2(CCCN(CCc3ccccc3)C2)C1. The summed E-state index contributed by atoms with van der Waals surface area (Å²) in [6.45, 7) is 5.09. The van der Waals surface area contributed by atoms with Gasteiger partial charge in [-0.1, -0.05) is 30.3 Å². The lowest BCUT2D eigenvalue weighted by Gasteiger charge is -2.40. The summed E-state index contributed by atoms with van der Waals surface area (Å²) in [5.41, 5.74) is 3.90. The molecule has 1 N–H and O–H groups in total. The van der Waals surface area contributed by atoms with Crippen LogP contribution in [0, 0.1) is 5.41 Å². The molecule has 0 radical (unpaired) electrons. The second-order valence-corrected chi connectivity index (χ2v) is 8.62. The maximum atomic E-state index is 13.1. The lowest BCUT2D eigenvalue weighted by atomic mass is 9.79. The van der Waals surface area contributed by atoms with Crippen molar-refractivity contribution < 1.29 is 4.79 Å². The van der Waals surface area contributed by atoms with Gasteiger partial charge < -0.3 is 9.80 Å². The van der Waals surface area contributed by atoms with Crippen LogP contribution in [-0.2, 0) is 6.42 Å². The highest BCUT2D eigenvalue weighted by Crippen LogP contribution is 2.39. The lowest BCUT2D eigenvalue weighted by molar-refractivity contribution is 0.0692. The van der Waals surface area contributed by atoms with E-state index in [1.54, 1.807) is 0 Å². The van der Waals surface area contributed by atoms with Crippen molar-refractivity contribution in [1.82, 2.24) is 25.2 Å². The van der Waals surface area contributed by atoms with Crippen LogP contribution >= 0.6 is 0 Å². The molecule has 0 bridgehead atoms. The fourth-order valence-corrected chi connectivity index (χ4v) is 5.03. The molecule has 0 saturated carbocycles. The number of aromatic nitrogens is 3. The van der Waals surface area contributed by atoms with Crippen molar-refractivity contribution in [3.63, 3.8) is 0 Å². The van der Waals surface area contributed by atoms with Crippen molar-refractivity contribution in [3.8, 4) is 0 Å². The van der Waals surface area contributed by atoms with E-state index < -0.39 is 0 Å². The molecule has 0 aliphatic carbocycles. The minimum Gasteiger partial charge on any atom is -0.338 e. The van der Waals surface area contributed by atoms with Gasteiger partial charge in [0.1, 0.15) is 11.0 Å². The third-order valence-corrected chi connectivity index (χ3v) is 6.59. The number of amides is 1. The van der Waals surface area contributed by atoms with Crippen LogP contribution in [0.4, 0.5) is 0 Å². The van der Waals surface area contributed by atoms with Gasteiger partial charge in [0.25, 0.3) is 5.91 Å². The second kappa shape index (κ2) is 7.59. The number of hydrogen-bond acceptors (Lipinski definition) is 4. The fraction of sp³-hybridized carbons (Fsp3) is 0.435. The number of hydrogen-bond donors (Lipinski definition) is 1. The van der Waals surface area contributed by atoms with Crippen LogP contribution in [0.2, 0.25) is 0 Å². The van der Waals surface area contributed by atoms with Crippen molar-refractivity contribution in [2.24, 2.45) is 5.41 Å². The number of benzene rings is 2. The van der Waals surface area contributed by atoms with Gasteiger partial charge in [-0.05, 0) is 56.0 Å². The van der Waals surface area contributed by atoms with Crippen LogP contribution in [0.3, 0.4) is 0 Å². The molecule has 6 nitrogen and oxygen atoms in total. The van der Waals surface area contributed by atoms with E-state index in [-0.39, 0.29) is 11.3 Å². The summed E-state index contributed by atoms with van der Waals surface area (Å²) in [5, 5.41) is 10.8. The van der Waals surface area contributed by atoms with Crippen LogP contribution in [0.5, 0.6) is 0 Å². The molecular formula is C23H27N5O. The first-order valence-corrected chi connectivity index (χ1v) is 10.6. The molecule has 5 rings (SSSR count). The zero-order chi connectivity index (χ0) is 19.7. The Bertz CT molecular complexity index is 1000. The average Bonchev–Trinajstić information content (AvgIpc) is 3.39. The van der Waals surface area contributed by atoms with Gasteiger partial charge in [-0.25, -0.2) is 0 Å². The number of H-pyrrole nitrogens is 1. The Morgan fingerprint density at radius 3 is 2.76 bits per heavy atom. The van der Waals surface area contributed by atoms with Gasteiger partial charge in [0.2, 0.25) is 0 Å². The molecule has 2 aliphatic heterocycles. The molecule has 1 spiro atoms. The molecule has 3 aromatic rings. The Hall–Kier alpha value is -2.73. The third-order valence-electron chi connectivity index (χ3n) is 6.59. The van der Waals surface area contributed by atoms with Crippen LogP contribution in [-0.4, -0.2) is 63.8 Å². The molecule has 1 atom stereocenters. The van der Waals surface area contributed by atoms with Crippen molar-refractivity contribution in [3.05, 3.63) is 59.7 Å². The Morgan fingerprint density at radius 2 is 1.86 bits per heavy atom. The first kappa shape index (κ1) is 18.3. The summed E-state index contributed by atoms with van der Waals surface area (Å²) in [4.78, 5) is 17.7. The van der Waals surface area contributed by atoms with Gasteiger partial charge in [0, 0.05) is 37.2 Å². The van der Waals surface area contributed by atoms with Crippen LogP contribution in [0.25, 0.3) is 11.0 Å². The van der Waals surface area contributed by atoms with Gasteiger partial charge in [-0.2, -0.15) is 15.4 Å². The first-order chi connectivity index (χ1) is 14.2. The summed E-state index contributed by atoms with van der Waals surface area (Å²) >= 11 is 0. The van der Waals surface area contributed by atoms with Crippen molar-refractivity contribution in [1.29, 1.82) is 0 Å². The van der Waals surface area contributed by atoms with Gasteiger partial charge in [-0.15, -0.1) is 0 Å². The number of rotatable bonds is 4. The molecule has 150 valence electrons. The maximum Gasteiger partial charge on any atom is 0.253 e. The number of carbonyl (C=O) groups excluding carboxylic acids is 1. The van der Waals surface area contributed by atoms with Crippen molar-refractivity contribution in [2.75, 3.05) is 32.7 Å².